The lowest BCUT2D eigenvalue weighted by molar-refractivity contribution is 0.0407. The molecule has 0 aliphatic carbocycles. The Balaban J connectivity index is 2.56. The SMILES string of the molecule is CN(Cc1cc(C(=O)O)co1)CC(C)(C)O. The van der Waals surface area contributed by atoms with Gasteiger partial charge in [0.1, 0.15) is 12.0 Å². The van der Waals surface area contributed by atoms with E-state index in [0.717, 1.165) is 0 Å². The highest BCUT2D eigenvalue weighted by atomic mass is 16.4. The largest absolute Gasteiger partial charge is 0.478 e. The summed E-state index contributed by atoms with van der Waals surface area (Å²) in [5.41, 5.74) is -0.636. The molecule has 5 nitrogen and oxygen atoms in total. The van der Waals surface area contributed by atoms with Crippen molar-refractivity contribution in [2.45, 2.75) is 26.0 Å². The van der Waals surface area contributed by atoms with Gasteiger partial charge in [0, 0.05) is 6.54 Å². The predicted molar refractivity (Wildman–Crippen MR) is 58.3 cm³/mol. The number of carboxylic acids is 1. The highest BCUT2D eigenvalue weighted by Gasteiger charge is 2.17. The van der Waals surface area contributed by atoms with Crippen molar-refractivity contribution in [1.29, 1.82) is 0 Å². The fraction of sp³-hybridized carbons (Fsp3) is 0.545. The van der Waals surface area contributed by atoms with Crippen molar-refractivity contribution in [3.63, 3.8) is 0 Å². The van der Waals surface area contributed by atoms with Crippen LogP contribution in [0.15, 0.2) is 16.7 Å². The topological polar surface area (TPSA) is 73.9 Å². The molecule has 0 saturated carbocycles. The quantitative estimate of drug-likeness (QED) is 0.790. The number of rotatable bonds is 5. The Morgan fingerprint density at radius 3 is 2.62 bits per heavy atom. The van der Waals surface area contributed by atoms with Crippen molar-refractivity contribution in [1.82, 2.24) is 4.90 Å². The van der Waals surface area contributed by atoms with Crippen molar-refractivity contribution in [2.24, 2.45) is 0 Å². The van der Waals surface area contributed by atoms with E-state index in [-0.39, 0.29) is 5.56 Å². The summed E-state index contributed by atoms with van der Waals surface area (Å²) in [6.45, 7) is 4.38. The van der Waals surface area contributed by atoms with E-state index in [1.54, 1.807) is 13.8 Å². The molecule has 1 rings (SSSR count). The summed E-state index contributed by atoms with van der Waals surface area (Å²) in [4.78, 5) is 12.5. The molecular weight excluding hydrogens is 210 g/mol. The Bertz CT molecular complexity index is 364. The van der Waals surface area contributed by atoms with Gasteiger partial charge in [-0.1, -0.05) is 0 Å². The smallest absolute Gasteiger partial charge is 0.338 e. The zero-order valence-corrected chi connectivity index (χ0v) is 9.73. The predicted octanol–water partition coefficient (Wildman–Crippen LogP) is 1.18. The highest BCUT2D eigenvalue weighted by Crippen LogP contribution is 2.12. The van der Waals surface area contributed by atoms with Crippen molar-refractivity contribution in [2.75, 3.05) is 13.6 Å². The van der Waals surface area contributed by atoms with E-state index in [1.165, 1.54) is 12.3 Å². The fourth-order valence-corrected chi connectivity index (χ4v) is 1.56. The van der Waals surface area contributed by atoms with Gasteiger partial charge in [-0.15, -0.1) is 0 Å². The van der Waals surface area contributed by atoms with Crippen molar-refractivity contribution in [3.8, 4) is 0 Å². The number of hydrogen-bond acceptors (Lipinski definition) is 4. The molecule has 0 aliphatic heterocycles. The first-order valence-corrected chi connectivity index (χ1v) is 4.99. The Kier molecular flexibility index (Phi) is 3.72. The molecule has 1 aromatic heterocycles. The van der Waals surface area contributed by atoms with Crippen LogP contribution in [0.25, 0.3) is 0 Å². The molecule has 0 aromatic carbocycles. The average Bonchev–Trinajstić information content (AvgIpc) is 2.48. The van der Waals surface area contributed by atoms with Crippen molar-refractivity contribution < 1.29 is 19.4 Å². The Morgan fingerprint density at radius 2 is 2.19 bits per heavy atom. The van der Waals surface area contributed by atoms with E-state index in [2.05, 4.69) is 0 Å². The third-order valence-corrected chi connectivity index (χ3v) is 1.98. The van der Waals surface area contributed by atoms with Gasteiger partial charge in [-0.2, -0.15) is 0 Å². The summed E-state index contributed by atoms with van der Waals surface area (Å²) in [7, 11) is 1.83. The number of nitrogens with zero attached hydrogens (tertiary/aromatic N) is 1. The summed E-state index contributed by atoms with van der Waals surface area (Å²) in [6, 6.07) is 1.49. The van der Waals surface area contributed by atoms with Gasteiger partial charge in [0.25, 0.3) is 0 Å². The first-order chi connectivity index (χ1) is 7.28. The summed E-state index contributed by atoms with van der Waals surface area (Å²) >= 11 is 0. The lowest BCUT2D eigenvalue weighted by Crippen LogP contribution is -2.35. The van der Waals surface area contributed by atoms with Crippen molar-refractivity contribution in [3.05, 3.63) is 23.7 Å². The lowest BCUT2D eigenvalue weighted by atomic mass is 10.1. The molecule has 0 fully saturated rings. The van der Waals surface area contributed by atoms with Crippen LogP contribution >= 0.6 is 0 Å². The van der Waals surface area contributed by atoms with Crippen LogP contribution < -0.4 is 0 Å². The zero-order chi connectivity index (χ0) is 12.3. The minimum absolute atomic E-state index is 0.145. The summed E-state index contributed by atoms with van der Waals surface area (Å²) in [5, 5.41) is 18.3. The summed E-state index contributed by atoms with van der Waals surface area (Å²) < 4.78 is 5.11. The van der Waals surface area contributed by atoms with Gasteiger partial charge in [0.15, 0.2) is 0 Å². The first-order valence-electron chi connectivity index (χ1n) is 4.99. The van der Waals surface area contributed by atoms with Crippen LogP contribution in [-0.4, -0.2) is 40.3 Å². The van der Waals surface area contributed by atoms with Gasteiger partial charge in [0.05, 0.1) is 17.7 Å². The number of furan rings is 1. The second-order valence-electron chi connectivity index (χ2n) is 4.59. The minimum atomic E-state index is -1.000. The molecule has 0 spiro atoms. The van der Waals surface area contributed by atoms with Crippen molar-refractivity contribution >= 4 is 5.97 Å². The minimum Gasteiger partial charge on any atom is -0.478 e. The van der Waals surface area contributed by atoms with Gasteiger partial charge in [-0.05, 0) is 27.0 Å². The van der Waals surface area contributed by atoms with E-state index >= 15 is 0 Å². The Morgan fingerprint density at radius 1 is 1.56 bits per heavy atom. The molecule has 0 aliphatic rings. The molecule has 5 heteroatoms. The first kappa shape index (κ1) is 12.7. The molecule has 90 valence electrons. The van der Waals surface area contributed by atoms with Crippen LogP contribution in [0.4, 0.5) is 0 Å². The Hall–Kier alpha value is -1.33. The average molecular weight is 227 g/mol. The molecule has 0 amide bonds. The van der Waals surface area contributed by atoms with Crippen LogP contribution in [0, 0.1) is 0 Å². The molecule has 0 bridgehead atoms. The number of carbonyl (C=O) groups is 1. The molecule has 1 heterocycles. The maximum Gasteiger partial charge on any atom is 0.338 e. The van der Waals surface area contributed by atoms with Gasteiger partial charge in [0.2, 0.25) is 0 Å². The van der Waals surface area contributed by atoms with Gasteiger partial charge in [-0.3, -0.25) is 4.90 Å². The third kappa shape index (κ3) is 4.04. The van der Waals surface area contributed by atoms with E-state index in [4.69, 9.17) is 9.52 Å². The van der Waals surface area contributed by atoms with E-state index in [1.807, 2.05) is 11.9 Å². The van der Waals surface area contributed by atoms with E-state index < -0.39 is 11.6 Å². The maximum atomic E-state index is 10.6. The Labute approximate surface area is 94.3 Å². The molecule has 0 atom stereocenters. The van der Waals surface area contributed by atoms with Crippen LogP contribution in [0.3, 0.4) is 0 Å². The molecule has 1 aromatic rings. The van der Waals surface area contributed by atoms with Crippen LogP contribution in [0.5, 0.6) is 0 Å². The number of hydrogen-bond donors (Lipinski definition) is 2. The van der Waals surface area contributed by atoms with Gasteiger partial charge >= 0.3 is 5.97 Å². The third-order valence-electron chi connectivity index (χ3n) is 1.98. The molecule has 0 saturated heterocycles. The second kappa shape index (κ2) is 4.67. The maximum absolute atomic E-state index is 10.6. The van der Waals surface area contributed by atoms with E-state index in [0.29, 0.717) is 18.8 Å². The standard InChI is InChI=1S/C11H17NO4/c1-11(2,15)7-12(3)5-9-4-8(6-16-9)10(13)14/h4,6,15H,5,7H2,1-3H3,(H,13,14). The number of aromatic carboxylic acids is 1. The number of aliphatic hydroxyl groups is 1. The van der Waals surface area contributed by atoms with Crippen LogP contribution in [0.1, 0.15) is 30.0 Å². The van der Waals surface area contributed by atoms with Crippen LogP contribution in [-0.2, 0) is 6.54 Å². The molecule has 2 N–H and O–H groups in total. The lowest BCUT2D eigenvalue weighted by Gasteiger charge is -2.24. The van der Waals surface area contributed by atoms with E-state index in [9.17, 15) is 9.90 Å². The fourth-order valence-electron chi connectivity index (χ4n) is 1.56. The number of carboxylic acid groups (broad SMARTS) is 1. The summed E-state index contributed by atoms with van der Waals surface area (Å²) in [6.07, 6.45) is 1.22. The number of likely N-dealkylation sites (N-methyl/N-ethyl adjacent to an activating group) is 1. The monoisotopic (exact) mass is 227 g/mol. The normalized spacial score (nSPS) is 12.1. The zero-order valence-electron chi connectivity index (χ0n) is 9.73. The summed E-state index contributed by atoms with van der Waals surface area (Å²) in [5.74, 6) is -0.427. The second-order valence-corrected chi connectivity index (χ2v) is 4.59. The van der Waals surface area contributed by atoms with Gasteiger partial charge < -0.3 is 14.6 Å². The van der Waals surface area contributed by atoms with Gasteiger partial charge in [-0.25, -0.2) is 4.79 Å². The molecular formula is C11H17NO4. The highest BCUT2D eigenvalue weighted by molar-refractivity contribution is 5.87. The molecule has 0 radical (unpaired) electrons. The molecule has 0 unspecified atom stereocenters. The molecule has 16 heavy (non-hydrogen) atoms. The van der Waals surface area contributed by atoms with Crippen LogP contribution in [0.2, 0.25) is 0 Å².